The Hall–Kier alpha value is -2.24. The van der Waals surface area contributed by atoms with Gasteiger partial charge in [0.05, 0.1) is 26.7 Å². The maximum Gasteiger partial charge on any atom is 0.205 e. The Morgan fingerprint density at radius 1 is 0.952 bits per heavy atom. The number of hydrogen-bond acceptors (Lipinski definition) is 6. The van der Waals surface area contributed by atoms with Crippen molar-refractivity contribution in [3.63, 3.8) is 0 Å². The molecular formula is C15H21N3O3. The summed E-state index contributed by atoms with van der Waals surface area (Å²) in [6, 6.07) is 1.85. The number of nitrogens with one attached hydrogen (secondary N) is 1. The topological polar surface area (TPSA) is 65.5 Å². The summed E-state index contributed by atoms with van der Waals surface area (Å²) in [4.78, 5) is 8.64. The number of rotatable bonds is 4. The standard InChI is InChI=1S/C15H21N3O3/c1-15(2,3)18-14-9-7-10(19-4)12(20-5)13(21-6)11(9)16-8-17-14/h7-8H,1-6H3,(H,16,17,18). The van der Waals surface area contributed by atoms with Gasteiger partial charge in [0.1, 0.15) is 17.7 Å². The van der Waals surface area contributed by atoms with E-state index < -0.39 is 0 Å². The Bertz CT molecular complexity index is 651. The third kappa shape index (κ3) is 2.94. The second-order valence-corrected chi connectivity index (χ2v) is 5.64. The van der Waals surface area contributed by atoms with Crippen LogP contribution in [0.5, 0.6) is 17.2 Å². The number of methoxy groups -OCH3 is 3. The Balaban J connectivity index is 2.76. The lowest BCUT2D eigenvalue weighted by atomic mass is 10.1. The van der Waals surface area contributed by atoms with E-state index in [2.05, 4.69) is 36.1 Å². The maximum absolute atomic E-state index is 5.45. The molecule has 0 atom stereocenters. The largest absolute Gasteiger partial charge is 0.493 e. The van der Waals surface area contributed by atoms with Crippen LogP contribution in [0.25, 0.3) is 10.9 Å². The quantitative estimate of drug-likeness (QED) is 0.934. The number of hydrogen-bond donors (Lipinski definition) is 1. The van der Waals surface area contributed by atoms with Gasteiger partial charge in [0.25, 0.3) is 0 Å². The minimum atomic E-state index is -0.123. The smallest absolute Gasteiger partial charge is 0.205 e. The first-order valence-electron chi connectivity index (χ1n) is 6.63. The van der Waals surface area contributed by atoms with E-state index in [-0.39, 0.29) is 5.54 Å². The van der Waals surface area contributed by atoms with Crippen LogP contribution in [0.15, 0.2) is 12.4 Å². The minimum absolute atomic E-state index is 0.123. The van der Waals surface area contributed by atoms with E-state index >= 15 is 0 Å². The molecule has 0 amide bonds. The van der Waals surface area contributed by atoms with Gasteiger partial charge in [-0.2, -0.15) is 0 Å². The van der Waals surface area contributed by atoms with Crippen LogP contribution >= 0.6 is 0 Å². The second kappa shape index (κ2) is 5.63. The molecule has 1 heterocycles. The van der Waals surface area contributed by atoms with E-state index in [4.69, 9.17) is 14.2 Å². The lowest BCUT2D eigenvalue weighted by Gasteiger charge is -2.23. The molecular weight excluding hydrogens is 270 g/mol. The van der Waals surface area contributed by atoms with E-state index in [1.54, 1.807) is 21.3 Å². The molecule has 0 radical (unpaired) electrons. The predicted molar refractivity (Wildman–Crippen MR) is 82.6 cm³/mol. The number of benzene rings is 1. The van der Waals surface area contributed by atoms with Gasteiger partial charge in [0.15, 0.2) is 11.5 Å². The maximum atomic E-state index is 5.45. The minimum Gasteiger partial charge on any atom is -0.493 e. The van der Waals surface area contributed by atoms with Crippen LogP contribution in [0.2, 0.25) is 0 Å². The molecule has 0 aliphatic carbocycles. The van der Waals surface area contributed by atoms with Gasteiger partial charge < -0.3 is 19.5 Å². The van der Waals surface area contributed by atoms with Crippen LogP contribution in [0, 0.1) is 0 Å². The number of nitrogens with zero attached hydrogens (tertiary/aromatic N) is 2. The fourth-order valence-corrected chi connectivity index (χ4v) is 2.12. The van der Waals surface area contributed by atoms with Gasteiger partial charge in [-0.3, -0.25) is 0 Å². The molecule has 0 saturated heterocycles. The molecule has 6 heteroatoms. The highest BCUT2D eigenvalue weighted by Crippen LogP contribution is 2.43. The lowest BCUT2D eigenvalue weighted by molar-refractivity contribution is 0.327. The van der Waals surface area contributed by atoms with Crippen LogP contribution < -0.4 is 19.5 Å². The van der Waals surface area contributed by atoms with Crippen molar-refractivity contribution < 1.29 is 14.2 Å². The second-order valence-electron chi connectivity index (χ2n) is 5.64. The van der Waals surface area contributed by atoms with Crippen molar-refractivity contribution in [3.8, 4) is 17.2 Å². The Labute approximate surface area is 124 Å². The van der Waals surface area contributed by atoms with E-state index in [0.717, 1.165) is 11.2 Å². The molecule has 2 aromatic rings. The number of anilines is 1. The third-order valence-electron chi connectivity index (χ3n) is 2.93. The van der Waals surface area contributed by atoms with Gasteiger partial charge in [-0.05, 0) is 26.8 Å². The molecule has 0 aliphatic rings. The molecule has 1 N–H and O–H groups in total. The molecule has 21 heavy (non-hydrogen) atoms. The van der Waals surface area contributed by atoms with Crippen molar-refractivity contribution >= 4 is 16.7 Å². The summed E-state index contributed by atoms with van der Waals surface area (Å²) < 4.78 is 16.2. The molecule has 114 valence electrons. The van der Waals surface area contributed by atoms with E-state index in [9.17, 15) is 0 Å². The van der Waals surface area contributed by atoms with E-state index in [0.29, 0.717) is 22.8 Å². The first-order valence-corrected chi connectivity index (χ1v) is 6.63. The van der Waals surface area contributed by atoms with Crippen LogP contribution in [0.1, 0.15) is 20.8 Å². The van der Waals surface area contributed by atoms with Crippen molar-refractivity contribution in [2.24, 2.45) is 0 Å². The van der Waals surface area contributed by atoms with Crippen LogP contribution in [-0.2, 0) is 0 Å². The van der Waals surface area contributed by atoms with Crippen molar-refractivity contribution in [1.29, 1.82) is 0 Å². The Kier molecular flexibility index (Phi) is 4.06. The molecule has 0 aliphatic heterocycles. The number of aromatic nitrogens is 2. The monoisotopic (exact) mass is 291 g/mol. The Morgan fingerprint density at radius 3 is 2.14 bits per heavy atom. The lowest BCUT2D eigenvalue weighted by Crippen LogP contribution is -2.26. The number of fused-ring (bicyclic) bond motifs is 1. The summed E-state index contributed by atoms with van der Waals surface area (Å²) in [5.41, 5.74) is 0.554. The molecule has 1 aromatic heterocycles. The molecule has 1 aromatic carbocycles. The van der Waals surface area contributed by atoms with Crippen molar-refractivity contribution in [3.05, 3.63) is 12.4 Å². The van der Waals surface area contributed by atoms with Gasteiger partial charge in [-0.1, -0.05) is 0 Å². The third-order valence-corrected chi connectivity index (χ3v) is 2.93. The molecule has 0 saturated carbocycles. The van der Waals surface area contributed by atoms with Crippen molar-refractivity contribution in [1.82, 2.24) is 9.97 Å². The average molecular weight is 291 g/mol. The highest BCUT2D eigenvalue weighted by atomic mass is 16.5. The van der Waals surface area contributed by atoms with E-state index in [1.807, 2.05) is 6.07 Å². The van der Waals surface area contributed by atoms with Crippen LogP contribution in [-0.4, -0.2) is 36.8 Å². The summed E-state index contributed by atoms with van der Waals surface area (Å²) in [5.74, 6) is 2.36. The van der Waals surface area contributed by atoms with Gasteiger partial charge >= 0.3 is 0 Å². The molecule has 0 fully saturated rings. The van der Waals surface area contributed by atoms with Gasteiger partial charge in [-0.25, -0.2) is 9.97 Å². The first-order chi connectivity index (χ1) is 9.91. The summed E-state index contributed by atoms with van der Waals surface area (Å²) in [6.45, 7) is 6.21. The Morgan fingerprint density at radius 2 is 1.62 bits per heavy atom. The molecule has 0 bridgehead atoms. The van der Waals surface area contributed by atoms with Gasteiger partial charge in [-0.15, -0.1) is 0 Å². The normalized spacial score (nSPS) is 11.3. The van der Waals surface area contributed by atoms with Crippen LogP contribution in [0.4, 0.5) is 5.82 Å². The van der Waals surface area contributed by atoms with Gasteiger partial charge in [0, 0.05) is 5.54 Å². The molecule has 6 nitrogen and oxygen atoms in total. The number of ether oxygens (including phenoxy) is 3. The summed E-state index contributed by atoms with van der Waals surface area (Å²) >= 11 is 0. The van der Waals surface area contributed by atoms with Crippen molar-refractivity contribution in [2.45, 2.75) is 26.3 Å². The van der Waals surface area contributed by atoms with Gasteiger partial charge in [0.2, 0.25) is 5.75 Å². The zero-order valence-electron chi connectivity index (χ0n) is 13.3. The fraction of sp³-hybridized carbons (Fsp3) is 0.467. The predicted octanol–water partition coefficient (Wildman–Crippen LogP) is 2.87. The highest BCUT2D eigenvalue weighted by molar-refractivity contribution is 5.96. The average Bonchev–Trinajstić information content (AvgIpc) is 2.43. The fourth-order valence-electron chi connectivity index (χ4n) is 2.12. The summed E-state index contributed by atoms with van der Waals surface area (Å²) in [7, 11) is 4.74. The first kappa shape index (κ1) is 15.2. The molecule has 0 spiro atoms. The molecule has 0 unspecified atom stereocenters. The SMILES string of the molecule is COc1cc2c(NC(C)(C)C)ncnc2c(OC)c1OC. The summed E-state index contributed by atoms with van der Waals surface area (Å²) in [5, 5.41) is 4.18. The molecule has 2 rings (SSSR count). The van der Waals surface area contributed by atoms with Crippen LogP contribution in [0.3, 0.4) is 0 Å². The van der Waals surface area contributed by atoms with E-state index in [1.165, 1.54) is 6.33 Å². The highest BCUT2D eigenvalue weighted by Gasteiger charge is 2.21. The van der Waals surface area contributed by atoms with Crippen molar-refractivity contribution in [2.75, 3.05) is 26.6 Å². The zero-order valence-corrected chi connectivity index (χ0v) is 13.3. The summed E-state index contributed by atoms with van der Waals surface area (Å²) in [6.07, 6.45) is 1.50. The zero-order chi connectivity index (χ0) is 15.6.